The molecule has 0 atom stereocenters. The van der Waals surface area contributed by atoms with Gasteiger partial charge in [0.05, 0.1) is 10.5 Å². The van der Waals surface area contributed by atoms with Crippen LogP contribution in [0.3, 0.4) is 0 Å². The number of hydrogen-bond acceptors (Lipinski definition) is 4. The fraction of sp³-hybridized carbons (Fsp3) is 0.375. The highest BCUT2D eigenvalue weighted by molar-refractivity contribution is 7.80. The Hall–Kier alpha value is -1.01. The van der Waals surface area contributed by atoms with Crippen LogP contribution in [0.25, 0.3) is 0 Å². The Balaban J connectivity index is 2.19. The predicted molar refractivity (Wildman–Crippen MR) is 60.5 cm³/mol. The maximum Gasteiger partial charge on any atom is 0.270 e. The van der Waals surface area contributed by atoms with Crippen LogP contribution in [0.4, 0.5) is 0 Å². The second-order valence-corrected chi connectivity index (χ2v) is 3.94. The van der Waals surface area contributed by atoms with Crippen molar-refractivity contribution in [2.75, 3.05) is 6.54 Å². The maximum atomic E-state index is 11.3. The molecule has 0 unspecified atom stereocenters. The van der Waals surface area contributed by atoms with Crippen LogP contribution in [0.1, 0.15) is 23.3 Å². The van der Waals surface area contributed by atoms with Gasteiger partial charge >= 0.3 is 0 Å². The number of carbonyl (C=O) groups is 1. The van der Waals surface area contributed by atoms with Crippen molar-refractivity contribution in [1.82, 2.24) is 10.3 Å². The average Bonchev–Trinajstić information content (AvgIpc) is 2.64. The third-order valence-electron chi connectivity index (χ3n) is 1.55. The number of thiazole rings is 1. The molecule has 4 nitrogen and oxygen atoms in total. The minimum Gasteiger partial charge on any atom is -0.393 e. The van der Waals surface area contributed by atoms with E-state index in [1.54, 1.807) is 10.9 Å². The van der Waals surface area contributed by atoms with Gasteiger partial charge in [0.15, 0.2) is 0 Å². The van der Waals surface area contributed by atoms with Gasteiger partial charge in [-0.3, -0.25) is 4.79 Å². The summed E-state index contributed by atoms with van der Waals surface area (Å²) in [4.78, 5) is 15.7. The van der Waals surface area contributed by atoms with E-state index in [4.69, 9.17) is 18.0 Å². The van der Waals surface area contributed by atoms with Gasteiger partial charge in [-0.05, 0) is 12.8 Å². The Kier molecular flexibility index (Phi) is 4.48. The summed E-state index contributed by atoms with van der Waals surface area (Å²) >= 11 is 6.11. The Morgan fingerprint density at radius 2 is 2.50 bits per heavy atom. The molecule has 0 aromatic carbocycles. The molecule has 0 aliphatic carbocycles. The molecule has 3 N–H and O–H groups in total. The number of nitrogens with zero attached hydrogens (tertiary/aromatic N) is 1. The second kappa shape index (κ2) is 5.66. The summed E-state index contributed by atoms with van der Waals surface area (Å²) < 4.78 is 0. The lowest BCUT2D eigenvalue weighted by Crippen LogP contribution is -2.25. The van der Waals surface area contributed by atoms with Crippen molar-refractivity contribution in [3.05, 3.63) is 16.6 Å². The number of aromatic nitrogens is 1. The normalized spacial score (nSPS) is 9.71. The van der Waals surface area contributed by atoms with Crippen molar-refractivity contribution in [1.29, 1.82) is 0 Å². The minimum absolute atomic E-state index is 0.144. The van der Waals surface area contributed by atoms with Crippen molar-refractivity contribution in [2.45, 2.75) is 12.8 Å². The molecule has 0 bridgehead atoms. The van der Waals surface area contributed by atoms with Crippen LogP contribution in [0.5, 0.6) is 0 Å². The number of carbonyl (C=O) groups excluding carboxylic acids is 1. The van der Waals surface area contributed by atoms with Crippen LogP contribution in [0, 0.1) is 0 Å². The molecule has 14 heavy (non-hydrogen) atoms. The molecule has 0 spiro atoms. The number of nitrogens with two attached hydrogens (primary N) is 1. The molecule has 76 valence electrons. The SMILES string of the molecule is NC(=S)CCCNC(=O)c1cscn1. The summed E-state index contributed by atoms with van der Waals surface area (Å²) in [5.74, 6) is -0.144. The molecule has 1 rings (SSSR count). The first-order chi connectivity index (χ1) is 6.70. The average molecular weight is 229 g/mol. The van der Waals surface area contributed by atoms with Crippen molar-refractivity contribution in [3.63, 3.8) is 0 Å². The maximum absolute atomic E-state index is 11.3. The van der Waals surface area contributed by atoms with E-state index in [0.29, 0.717) is 23.6 Å². The zero-order valence-corrected chi connectivity index (χ0v) is 9.16. The first-order valence-electron chi connectivity index (χ1n) is 4.15. The number of hydrogen-bond donors (Lipinski definition) is 2. The molecule has 6 heteroatoms. The molecule has 1 aromatic rings. The Morgan fingerprint density at radius 3 is 3.07 bits per heavy atom. The molecule has 1 heterocycles. The molecule has 0 saturated carbocycles. The van der Waals surface area contributed by atoms with Crippen LogP contribution in [-0.4, -0.2) is 22.4 Å². The van der Waals surface area contributed by atoms with E-state index in [-0.39, 0.29) is 5.91 Å². The van der Waals surface area contributed by atoms with Crippen LogP contribution >= 0.6 is 23.6 Å². The van der Waals surface area contributed by atoms with Gasteiger partial charge in [0.1, 0.15) is 5.69 Å². The fourth-order valence-corrected chi connectivity index (χ4v) is 1.56. The zero-order valence-electron chi connectivity index (χ0n) is 7.53. The van der Waals surface area contributed by atoms with Gasteiger partial charge in [0, 0.05) is 11.9 Å². The molecule has 0 aliphatic rings. The van der Waals surface area contributed by atoms with Crippen molar-refractivity contribution in [3.8, 4) is 0 Å². The van der Waals surface area contributed by atoms with Gasteiger partial charge in [0.2, 0.25) is 0 Å². The fourth-order valence-electron chi connectivity index (χ4n) is 0.880. The van der Waals surface area contributed by atoms with Crippen LogP contribution in [0.15, 0.2) is 10.9 Å². The number of amides is 1. The molecular weight excluding hydrogens is 218 g/mol. The molecule has 0 fully saturated rings. The molecule has 1 amide bonds. The van der Waals surface area contributed by atoms with Gasteiger partial charge in [-0.1, -0.05) is 12.2 Å². The van der Waals surface area contributed by atoms with Crippen LogP contribution in [-0.2, 0) is 0 Å². The van der Waals surface area contributed by atoms with Crippen molar-refractivity contribution < 1.29 is 4.79 Å². The van der Waals surface area contributed by atoms with Gasteiger partial charge in [-0.25, -0.2) is 4.98 Å². The highest BCUT2D eigenvalue weighted by Crippen LogP contribution is 2.00. The lowest BCUT2D eigenvalue weighted by atomic mass is 10.3. The summed E-state index contributed by atoms with van der Waals surface area (Å²) in [6.07, 6.45) is 1.43. The molecule has 1 aromatic heterocycles. The molecule has 0 aliphatic heterocycles. The van der Waals surface area contributed by atoms with E-state index in [9.17, 15) is 4.79 Å². The Bertz CT molecular complexity index is 310. The van der Waals surface area contributed by atoms with E-state index in [2.05, 4.69) is 10.3 Å². The number of nitrogens with one attached hydrogen (secondary N) is 1. The van der Waals surface area contributed by atoms with Gasteiger partial charge in [-0.2, -0.15) is 0 Å². The largest absolute Gasteiger partial charge is 0.393 e. The van der Waals surface area contributed by atoms with E-state index in [1.807, 2.05) is 0 Å². The van der Waals surface area contributed by atoms with Crippen LogP contribution < -0.4 is 11.1 Å². The summed E-state index contributed by atoms with van der Waals surface area (Å²) in [7, 11) is 0. The highest BCUT2D eigenvalue weighted by atomic mass is 32.1. The number of thiocarbonyl (C=S) groups is 1. The van der Waals surface area contributed by atoms with Gasteiger partial charge in [-0.15, -0.1) is 11.3 Å². The van der Waals surface area contributed by atoms with Gasteiger partial charge in [0.25, 0.3) is 5.91 Å². The first-order valence-corrected chi connectivity index (χ1v) is 5.50. The molecular formula is C8H11N3OS2. The summed E-state index contributed by atoms with van der Waals surface area (Å²) in [6.45, 7) is 0.577. The third-order valence-corrected chi connectivity index (χ3v) is 2.34. The summed E-state index contributed by atoms with van der Waals surface area (Å²) in [6, 6.07) is 0. The Labute approximate surface area is 91.5 Å². The standard InChI is InChI=1S/C8H11N3OS2/c9-7(13)2-1-3-10-8(12)6-4-14-5-11-6/h4-5H,1-3H2,(H2,9,13)(H,10,12). The van der Waals surface area contributed by atoms with Crippen molar-refractivity contribution >= 4 is 34.5 Å². The lowest BCUT2D eigenvalue weighted by molar-refractivity contribution is 0.0949. The van der Waals surface area contributed by atoms with E-state index in [1.165, 1.54) is 11.3 Å². The summed E-state index contributed by atoms with van der Waals surface area (Å²) in [5, 5.41) is 4.44. The summed E-state index contributed by atoms with van der Waals surface area (Å²) in [5.41, 5.74) is 7.40. The monoisotopic (exact) mass is 229 g/mol. The Morgan fingerprint density at radius 1 is 1.71 bits per heavy atom. The molecule has 0 radical (unpaired) electrons. The van der Waals surface area contributed by atoms with E-state index < -0.39 is 0 Å². The zero-order chi connectivity index (χ0) is 10.4. The van der Waals surface area contributed by atoms with E-state index >= 15 is 0 Å². The topological polar surface area (TPSA) is 68.0 Å². The first kappa shape index (κ1) is 11.1. The second-order valence-electron chi connectivity index (χ2n) is 2.70. The van der Waals surface area contributed by atoms with Crippen LogP contribution in [0.2, 0.25) is 0 Å². The predicted octanol–water partition coefficient (Wildman–Crippen LogP) is 0.939. The highest BCUT2D eigenvalue weighted by Gasteiger charge is 2.05. The molecule has 0 saturated heterocycles. The van der Waals surface area contributed by atoms with Gasteiger partial charge < -0.3 is 11.1 Å². The van der Waals surface area contributed by atoms with Crippen molar-refractivity contribution in [2.24, 2.45) is 5.73 Å². The third kappa shape index (κ3) is 3.80. The number of rotatable bonds is 5. The smallest absolute Gasteiger partial charge is 0.270 e. The minimum atomic E-state index is -0.144. The quantitative estimate of drug-likeness (QED) is 0.582. The lowest BCUT2D eigenvalue weighted by Gasteiger charge is -2.01. The van der Waals surface area contributed by atoms with E-state index in [0.717, 1.165) is 6.42 Å².